The average molecular weight is 282 g/mol. The normalized spacial score (nSPS) is 23.9. The van der Waals surface area contributed by atoms with E-state index in [1.165, 1.54) is 6.07 Å². The third-order valence-corrected chi connectivity index (χ3v) is 3.62. The van der Waals surface area contributed by atoms with Crippen molar-refractivity contribution in [3.63, 3.8) is 0 Å². The molecular formula is C13H22N4O3. The zero-order valence-corrected chi connectivity index (χ0v) is 12.4. The van der Waals surface area contributed by atoms with Crippen LogP contribution in [-0.4, -0.2) is 38.5 Å². The van der Waals surface area contributed by atoms with Crippen molar-refractivity contribution in [1.29, 1.82) is 0 Å². The van der Waals surface area contributed by atoms with Crippen LogP contribution in [0.3, 0.4) is 0 Å². The summed E-state index contributed by atoms with van der Waals surface area (Å²) in [5.41, 5.74) is -0.328. The summed E-state index contributed by atoms with van der Waals surface area (Å²) in [5.74, 6) is -0.115. The molecule has 1 fully saturated rings. The molecule has 2 heterocycles. The van der Waals surface area contributed by atoms with E-state index < -0.39 is 4.92 Å². The van der Waals surface area contributed by atoms with E-state index in [4.69, 9.17) is 4.74 Å². The van der Waals surface area contributed by atoms with Crippen LogP contribution in [0.1, 0.15) is 34.1 Å². The van der Waals surface area contributed by atoms with Crippen LogP contribution in [0, 0.1) is 10.1 Å². The van der Waals surface area contributed by atoms with E-state index in [2.05, 4.69) is 38.1 Å². The molecule has 0 aromatic carbocycles. The highest BCUT2D eigenvalue weighted by molar-refractivity contribution is 5.13. The molecule has 0 radical (unpaired) electrons. The predicted molar refractivity (Wildman–Crippen MR) is 74.5 cm³/mol. The second-order valence-electron chi connectivity index (χ2n) is 6.37. The van der Waals surface area contributed by atoms with Gasteiger partial charge in [-0.3, -0.25) is 0 Å². The summed E-state index contributed by atoms with van der Waals surface area (Å²) in [6, 6.07) is 1.68. The second-order valence-corrected chi connectivity index (χ2v) is 6.37. The number of nitrogens with zero attached hydrogens (tertiary/aromatic N) is 3. The third-order valence-electron chi connectivity index (χ3n) is 3.62. The van der Waals surface area contributed by atoms with Crippen molar-refractivity contribution in [3.05, 3.63) is 22.4 Å². The van der Waals surface area contributed by atoms with Crippen LogP contribution in [-0.2, 0) is 11.3 Å². The first-order valence-electron chi connectivity index (χ1n) is 6.81. The van der Waals surface area contributed by atoms with E-state index in [9.17, 15) is 10.1 Å². The Morgan fingerprint density at radius 2 is 2.25 bits per heavy atom. The van der Waals surface area contributed by atoms with E-state index in [0.717, 1.165) is 6.42 Å². The van der Waals surface area contributed by atoms with Crippen LogP contribution in [0.4, 0.5) is 5.82 Å². The summed E-state index contributed by atoms with van der Waals surface area (Å²) >= 11 is 0. The van der Waals surface area contributed by atoms with E-state index in [1.54, 1.807) is 10.9 Å². The smallest absolute Gasteiger partial charge is 0.368 e. The molecule has 1 aromatic rings. The van der Waals surface area contributed by atoms with Gasteiger partial charge in [-0.25, -0.2) is 0 Å². The summed E-state index contributed by atoms with van der Waals surface area (Å²) in [4.78, 5) is 10.1. The summed E-state index contributed by atoms with van der Waals surface area (Å²) in [6.07, 6.45) is 2.57. The maximum absolute atomic E-state index is 10.6. The summed E-state index contributed by atoms with van der Waals surface area (Å²) < 4.78 is 7.60. The lowest BCUT2D eigenvalue weighted by Gasteiger charge is -2.27. The first-order chi connectivity index (χ1) is 9.20. The highest BCUT2D eigenvalue weighted by Crippen LogP contribution is 2.37. The van der Waals surface area contributed by atoms with E-state index in [0.29, 0.717) is 13.1 Å². The van der Waals surface area contributed by atoms with Gasteiger partial charge in [0, 0.05) is 12.6 Å². The van der Waals surface area contributed by atoms with Gasteiger partial charge in [-0.1, -0.05) is 0 Å². The molecule has 1 aliphatic heterocycles. The molecule has 0 spiro atoms. The van der Waals surface area contributed by atoms with E-state index >= 15 is 0 Å². The molecule has 2 rings (SSSR count). The largest absolute Gasteiger partial charge is 0.389 e. The van der Waals surface area contributed by atoms with Crippen LogP contribution in [0.15, 0.2) is 12.3 Å². The number of rotatable bonds is 5. The topological polar surface area (TPSA) is 82.2 Å². The minimum absolute atomic E-state index is 0.115. The molecule has 0 bridgehead atoms. The number of hydrogen-bond donors (Lipinski definition) is 1. The predicted octanol–water partition coefficient (Wildman–Crippen LogP) is 1.73. The minimum atomic E-state index is -0.486. The second kappa shape index (κ2) is 5.14. The molecule has 7 heteroatoms. The lowest BCUT2D eigenvalue weighted by Crippen LogP contribution is -2.44. The highest BCUT2D eigenvalue weighted by atomic mass is 16.6. The summed E-state index contributed by atoms with van der Waals surface area (Å²) in [6.45, 7) is 9.64. The Balaban J connectivity index is 1.85. The third kappa shape index (κ3) is 3.34. The Morgan fingerprint density at radius 3 is 2.75 bits per heavy atom. The molecule has 112 valence electrons. The number of nitro groups is 1. The fourth-order valence-electron chi connectivity index (χ4n) is 2.81. The summed E-state index contributed by atoms with van der Waals surface area (Å²) in [5, 5.41) is 17.9. The van der Waals surface area contributed by atoms with Crippen LogP contribution < -0.4 is 5.32 Å². The monoisotopic (exact) mass is 282 g/mol. The van der Waals surface area contributed by atoms with Gasteiger partial charge < -0.3 is 20.2 Å². The fraction of sp³-hybridized carbons (Fsp3) is 0.769. The Kier molecular flexibility index (Phi) is 3.84. The molecule has 1 atom stereocenters. The van der Waals surface area contributed by atoms with E-state index in [1.807, 2.05) is 0 Å². The zero-order valence-electron chi connectivity index (χ0n) is 12.4. The van der Waals surface area contributed by atoms with Crippen molar-refractivity contribution < 1.29 is 9.66 Å². The van der Waals surface area contributed by atoms with Crippen LogP contribution in [0.5, 0.6) is 0 Å². The van der Waals surface area contributed by atoms with Gasteiger partial charge >= 0.3 is 5.82 Å². The van der Waals surface area contributed by atoms with Crippen molar-refractivity contribution in [2.75, 3.05) is 6.54 Å². The lowest BCUT2D eigenvalue weighted by atomic mass is 9.94. The van der Waals surface area contributed by atoms with Gasteiger partial charge in [0.25, 0.3) is 0 Å². The molecule has 0 amide bonds. The van der Waals surface area contributed by atoms with Gasteiger partial charge in [0.05, 0.1) is 35.1 Å². The minimum Gasteiger partial charge on any atom is -0.368 e. The van der Waals surface area contributed by atoms with Gasteiger partial charge in [-0.2, -0.15) is 4.68 Å². The highest BCUT2D eigenvalue weighted by Gasteiger charge is 2.45. The van der Waals surface area contributed by atoms with Gasteiger partial charge in [0.15, 0.2) is 0 Å². The number of hydrogen-bond acceptors (Lipinski definition) is 5. The maximum atomic E-state index is 10.6. The Morgan fingerprint density at radius 1 is 1.55 bits per heavy atom. The molecule has 1 N–H and O–H groups in total. The molecule has 0 aliphatic carbocycles. The van der Waals surface area contributed by atoms with Crippen LogP contribution in [0.2, 0.25) is 0 Å². The van der Waals surface area contributed by atoms with Crippen molar-refractivity contribution >= 4 is 5.82 Å². The first-order valence-corrected chi connectivity index (χ1v) is 6.81. The summed E-state index contributed by atoms with van der Waals surface area (Å²) in [7, 11) is 0. The standard InChI is InChI=1S/C13H22N4O3/c1-12(2)9-10(13(3,4)20-12)14-6-8-16-7-5-11(15-16)17(18)19/h5,7,10,14H,6,8-9H2,1-4H3/t10-/m1/s1. The number of aromatic nitrogens is 2. The van der Waals surface area contributed by atoms with Crippen LogP contribution in [0.25, 0.3) is 0 Å². The van der Waals surface area contributed by atoms with Gasteiger partial charge in [-0.15, -0.1) is 0 Å². The molecule has 7 nitrogen and oxygen atoms in total. The molecule has 0 unspecified atom stereocenters. The van der Waals surface area contributed by atoms with E-state index in [-0.39, 0.29) is 23.1 Å². The quantitative estimate of drug-likeness (QED) is 0.657. The van der Waals surface area contributed by atoms with Gasteiger partial charge in [0.1, 0.15) is 0 Å². The number of nitrogens with one attached hydrogen (secondary N) is 1. The molecule has 1 saturated heterocycles. The molecule has 0 saturated carbocycles. The Hall–Kier alpha value is -1.47. The lowest BCUT2D eigenvalue weighted by molar-refractivity contribution is -0.389. The molecule has 20 heavy (non-hydrogen) atoms. The zero-order chi connectivity index (χ0) is 15.0. The number of ether oxygens (including phenoxy) is 1. The van der Waals surface area contributed by atoms with Crippen molar-refractivity contribution in [3.8, 4) is 0 Å². The van der Waals surface area contributed by atoms with Crippen molar-refractivity contribution in [2.45, 2.75) is 57.9 Å². The SMILES string of the molecule is CC1(C)C[C@@H](NCCn2ccc([N+](=O)[O-])n2)C(C)(C)O1. The Labute approximate surface area is 118 Å². The van der Waals surface area contributed by atoms with Gasteiger partial charge in [0.2, 0.25) is 0 Å². The first kappa shape index (κ1) is 14.9. The Bertz CT molecular complexity index is 496. The van der Waals surface area contributed by atoms with Gasteiger partial charge in [-0.05, 0) is 39.0 Å². The van der Waals surface area contributed by atoms with Crippen molar-refractivity contribution in [2.24, 2.45) is 0 Å². The maximum Gasteiger partial charge on any atom is 0.389 e. The van der Waals surface area contributed by atoms with Crippen molar-refractivity contribution in [1.82, 2.24) is 15.1 Å². The fourth-order valence-corrected chi connectivity index (χ4v) is 2.81. The van der Waals surface area contributed by atoms with Crippen LogP contribution >= 0.6 is 0 Å². The average Bonchev–Trinajstić information content (AvgIpc) is 2.81. The molecule has 1 aromatic heterocycles. The molecular weight excluding hydrogens is 260 g/mol. The molecule has 1 aliphatic rings.